The van der Waals surface area contributed by atoms with Gasteiger partial charge in [0.15, 0.2) is 34.1 Å². The Morgan fingerprint density at radius 1 is 1.12 bits per heavy atom. The van der Waals surface area contributed by atoms with E-state index in [1.54, 1.807) is 0 Å². The third-order valence-electron chi connectivity index (χ3n) is 3.76. The number of halogens is 5. The molecule has 1 aliphatic rings. The Morgan fingerprint density at radius 3 is 2.27 bits per heavy atom. The van der Waals surface area contributed by atoms with Crippen LogP contribution >= 0.6 is 12.2 Å². The summed E-state index contributed by atoms with van der Waals surface area (Å²) in [6.07, 6.45) is 0.189. The first-order valence-electron chi connectivity index (χ1n) is 7.00. The zero-order valence-electron chi connectivity index (χ0n) is 12.6. The van der Waals surface area contributed by atoms with Gasteiger partial charge in [-0.15, -0.1) is 0 Å². The molecule has 2 aromatic rings. The molecule has 0 fully saturated rings. The van der Waals surface area contributed by atoms with E-state index in [9.17, 15) is 26.7 Å². The second kappa shape index (κ2) is 6.52. The van der Waals surface area contributed by atoms with E-state index in [1.807, 2.05) is 5.32 Å². The standard InChI is InChI=1S/C14H8F5N3O3S/c15-6-7(16)9(18)12(10(19)8(6)17)20-14(26)22-2-1-5-4(3-22)11(13(23)24)21-25-5/h1-3H2,(H,20,26)(H,23,24). The van der Waals surface area contributed by atoms with E-state index in [2.05, 4.69) is 5.16 Å². The van der Waals surface area contributed by atoms with Gasteiger partial charge in [0.2, 0.25) is 5.82 Å². The highest BCUT2D eigenvalue weighted by Crippen LogP contribution is 2.28. The van der Waals surface area contributed by atoms with Crippen LogP contribution in [0.2, 0.25) is 0 Å². The molecule has 3 rings (SSSR count). The van der Waals surface area contributed by atoms with Crippen LogP contribution in [0.15, 0.2) is 4.52 Å². The number of nitrogens with one attached hydrogen (secondary N) is 1. The molecule has 0 bridgehead atoms. The third kappa shape index (κ3) is 2.85. The minimum absolute atomic E-state index is 0.123. The molecule has 1 aromatic heterocycles. The summed E-state index contributed by atoms with van der Waals surface area (Å²) in [5.41, 5.74) is -1.42. The molecule has 0 atom stereocenters. The number of rotatable bonds is 2. The molecule has 0 unspecified atom stereocenters. The highest BCUT2D eigenvalue weighted by Gasteiger charge is 2.30. The highest BCUT2D eigenvalue weighted by molar-refractivity contribution is 7.80. The van der Waals surface area contributed by atoms with Crippen molar-refractivity contribution < 1.29 is 36.4 Å². The zero-order chi connectivity index (χ0) is 19.2. The van der Waals surface area contributed by atoms with Crippen molar-refractivity contribution in [3.63, 3.8) is 0 Å². The maximum absolute atomic E-state index is 13.7. The van der Waals surface area contributed by atoms with Gasteiger partial charge in [0.1, 0.15) is 11.4 Å². The van der Waals surface area contributed by atoms with Gasteiger partial charge in [0.05, 0.1) is 6.54 Å². The van der Waals surface area contributed by atoms with Crippen LogP contribution in [-0.2, 0) is 13.0 Å². The summed E-state index contributed by atoms with van der Waals surface area (Å²) in [6.45, 7) is 0.0319. The summed E-state index contributed by atoms with van der Waals surface area (Å²) in [6, 6.07) is 0. The molecule has 0 radical (unpaired) electrons. The Kier molecular flexibility index (Phi) is 4.52. The number of benzene rings is 1. The number of hydrogen-bond donors (Lipinski definition) is 2. The van der Waals surface area contributed by atoms with Crippen molar-refractivity contribution in [1.29, 1.82) is 0 Å². The molecule has 6 nitrogen and oxygen atoms in total. The maximum atomic E-state index is 13.7. The minimum atomic E-state index is -2.28. The molecule has 1 aromatic carbocycles. The third-order valence-corrected chi connectivity index (χ3v) is 4.12. The number of fused-ring (bicyclic) bond motifs is 1. The van der Waals surface area contributed by atoms with Crippen molar-refractivity contribution in [3.05, 3.63) is 46.1 Å². The van der Waals surface area contributed by atoms with Crippen LogP contribution in [0.5, 0.6) is 0 Å². The Labute approximate surface area is 147 Å². The van der Waals surface area contributed by atoms with Crippen LogP contribution in [0.1, 0.15) is 21.8 Å². The number of anilines is 1. The lowest BCUT2D eigenvalue weighted by molar-refractivity contribution is 0.0684. The van der Waals surface area contributed by atoms with Crippen LogP contribution in [-0.4, -0.2) is 32.8 Å². The van der Waals surface area contributed by atoms with Crippen LogP contribution in [0.25, 0.3) is 0 Å². The molecule has 0 saturated heterocycles. The van der Waals surface area contributed by atoms with Crippen molar-refractivity contribution in [2.45, 2.75) is 13.0 Å². The second-order valence-electron chi connectivity index (χ2n) is 5.28. The predicted octanol–water partition coefficient (Wildman–Crippen LogP) is 2.82. The number of nitrogens with zero attached hydrogens (tertiary/aromatic N) is 2. The van der Waals surface area contributed by atoms with Crippen molar-refractivity contribution in [2.75, 3.05) is 11.9 Å². The molecule has 0 spiro atoms. The van der Waals surface area contributed by atoms with E-state index in [1.165, 1.54) is 4.90 Å². The smallest absolute Gasteiger partial charge is 0.358 e. The lowest BCUT2D eigenvalue weighted by Crippen LogP contribution is -2.39. The average molecular weight is 393 g/mol. The van der Waals surface area contributed by atoms with E-state index in [0.29, 0.717) is 5.76 Å². The van der Waals surface area contributed by atoms with Gasteiger partial charge in [0.25, 0.3) is 0 Å². The van der Waals surface area contributed by atoms with Gasteiger partial charge in [-0.05, 0) is 12.2 Å². The lowest BCUT2D eigenvalue weighted by Gasteiger charge is -2.28. The van der Waals surface area contributed by atoms with Gasteiger partial charge >= 0.3 is 5.97 Å². The number of carboxylic acid groups (broad SMARTS) is 1. The summed E-state index contributed by atoms with van der Waals surface area (Å²) in [4.78, 5) is 12.4. The summed E-state index contributed by atoms with van der Waals surface area (Å²) in [5, 5.41) is 14.1. The molecule has 0 amide bonds. The van der Waals surface area contributed by atoms with Gasteiger partial charge in [0, 0.05) is 18.5 Å². The van der Waals surface area contributed by atoms with E-state index in [-0.39, 0.29) is 35.9 Å². The summed E-state index contributed by atoms with van der Waals surface area (Å²) >= 11 is 4.95. The largest absolute Gasteiger partial charge is 0.476 e. The lowest BCUT2D eigenvalue weighted by atomic mass is 10.1. The number of aromatic carboxylic acids is 1. The molecule has 0 aliphatic carbocycles. The monoisotopic (exact) mass is 393 g/mol. The van der Waals surface area contributed by atoms with Crippen molar-refractivity contribution >= 4 is 29.0 Å². The van der Waals surface area contributed by atoms with E-state index >= 15 is 0 Å². The number of hydrogen-bond acceptors (Lipinski definition) is 4. The quantitative estimate of drug-likeness (QED) is 0.352. The van der Waals surface area contributed by atoms with Crippen molar-refractivity contribution in [2.24, 2.45) is 0 Å². The summed E-state index contributed by atoms with van der Waals surface area (Å²) < 4.78 is 71.9. The van der Waals surface area contributed by atoms with Gasteiger partial charge in [-0.1, -0.05) is 5.16 Å². The van der Waals surface area contributed by atoms with Crippen LogP contribution in [0.3, 0.4) is 0 Å². The number of carbonyl (C=O) groups is 1. The SMILES string of the molecule is O=C(O)c1noc2c1CN(C(=S)Nc1c(F)c(F)c(F)c(F)c1F)CC2. The highest BCUT2D eigenvalue weighted by atomic mass is 32.1. The van der Waals surface area contributed by atoms with Gasteiger partial charge < -0.3 is 19.8 Å². The molecule has 2 N–H and O–H groups in total. The van der Waals surface area contributed by atoms with Crippen LogP contribution in [0, 0.1) is 29.1 Å². The number of carboxylic acids is 1. The topological polar surface area (TPSA) is 78.6 Å². The fourth-order valence-electron chi connectivity index (χ4n) is 2.45. The predicted molar refractivity (Wildman–Crippen MR) is 80.0 cm³/mol. The molecule has 12 heteroatoms. The normalized spacial score (nSPS) is 13.5. The second-order valence-corrected chi connectivity index (χ2v) is 5.67. The van der Waals surface area contributed by atoms with Crippen LogP contribution < -0.4 is 5.32 Å². The Morgan fingerprint density at radius 2 is 1.69 bits per heavy atom. The average Bonchev–Trinajstić information content (AvgIpc) is 3.05. The Hall–Kier alpha value is -2.76. The zero-order valence-corrected chi connectivity index (χ0v) is 13.4. The first kappa shape index (κ1) is 18.0. The Balaban J connectivity index is 1.86. The van der Waals surface area contributed by atoms with Gasteiger partial charge in [-0.25, -0.2) is 26.7 Å². The Bertz CT molecular complexity index is 904. The van der Waals surface area contributed by atoms with Gasteiger partial charge in [-0.2, -0.15) is 0 Å². The van der Waals surface area contributed by atoms with Crippen LogP contribution in [0.4, 0.5) is 27.6 Å². The molecular formula is C14H8F5N3O3S. The van der Waals surface area contributed by atoms with Gasteiger partial charge in [-0.3, -0.25) is 0 Å². The molecular weight excluding hydrogens is 385 g/mol. The van der Waals surface area contributed by atoms with Crippen molar-refractivity contribution in [1.82, 2.24) is 10.1 Å². The first-order valence-corrected chi connectivity index (χ1v) is 7.41. The summed E-state index contributed by atoms with van der Waals surface area (Å²) in [5.74, 6) is -11.6. The molecule has 26 heavy (non-hydrogen) atoms. The molecule has 0 saturated carbocycles. The fraction of sp³-hybridized carbons (Fsp3) is 0.214. The molecule has 1 aliphatic heterocycles. The van der Waals surface area contributed by atoms with E-state index in [4.69, 9.17) is 21.8 Å². The van der Waals surface area contributed by atoms with E-state index in [0.717, 1.165) is 0 Å². The summed E-state index contributed by atoms with van der Waals surface area (Å²) in [7, 11) is 0. The van der Waals surface area contributed by atoms with E-state index < -0.39 is 40.7 Å². The minimum Gasteiger partial charge on any atom is -0.476 e. The molecule has 2 heterocycles. The number of thiocarbonyl (C=S) groups is 1. The number of aromatic nitrogens is 1. The first-order chi connectivity index (χ1) is 12.2. The fourth-order valence-corrected chi connectivity index (χ4v) is 2.71. The molecule has 138 valence electrons. The maximum Gasteiger partial charge on any atom is 0.358 e. The van der Waals surface area contributed by atoms with Crippen molar-refractivity contribution in [3.8, 4) is 0 Å².